The summed E-state index contributed by atoms with van der Waals surface area (Å²) in [6, 6.07) is 10.0. The molecule has 0 aliphatic carbocycles. The van der Waals surface area contributed by atoms with E-state index in [0.717, 1.165) is 16.2 Å². The van der Waals surface area contributed by atoms with Gasteiger partial charge in [-0.05, 0) is 30.3 Å². The van der Waals surface area contributed by atoms with Gasteiger partial charge in [-0.25, -0.2) is 4.98 Å². The Kier molecular flexibility index (Phi) is 5.78. The molecule has 0 atom stereocenters. The van der Waals surface area contributed by atoms with Crippen molar-refractivity contribution in [3.05, 3.63) is 53.9 Å². The van der Waals surface area contributed by atoms with Crippen molar-refractivity contribution in [3.63, 3.8) is 0 Å². The predicted octanol–water partition coefficient (Wildman–Crippen LogP) is 5.14. The molecule has 0 spiro atoms. The molecular weight excluding hydrogens is 473 g/mol. The normalized spacial score (nSPS) is 14.8. The number of carbonyl (C=O) groups excluding carboxylic acids is 1. The second-order valence-electron chi connectivity index (χ2n) is 7.25. The number of halogens is 3. The molecule has 5 rings (SSSR count). The SMILES string of the molecule is O=C(C=CC(F)(F)F)N(c1ccc2c(c1)OCCO2)c1nc(-c2ccc3c(c2)OCCO3)cs1. The summed E-state index contributed by atoms with van der Waals surface area (Å²) in [5.41, 5.74) is 1.54. The number of allylic oxidation sites excluding steroid dienone is 1. The van der Waals surface area contributed by atoms with Gasteiger partial charge in [-0.3, -0.25) is 9.69 Å². The maximum absolute atomic E-state index is 12.9. The van der Waals surface area contributed by atoms with Gasteiger partial charge < -0.3 is 18.9 Å². The number of hydrogen-bond acceptors (Lipinski definition) is 7. The molecule has 34 heavy (non-hydrogen) atoms. The third kappa shape index (κ3) is 4.65. The Hall–Kier alpha value is -3.73. The van der Waals surface area contributed by atoms with Crippen molar-refractivity contribution >= 4 is 28.1 Å². The summed E-state index contributed by atoms with van der Waals surface area (Å²) in [7, 11) is 0. The molecule has 0 saturated carbocycles. The smallest absolute Gasteiger partial charge is 0.409 e. The molecule has 0 saturated heterocycles. The van der Waals surface area contributed by atoms with E-state index < -0.39 is 12.1 Å². The Labute approximate surface area is 195 Å². The standard InChI is InChI=1S/C23H17F3N2O5S/c24-23(25,26)6-5-21(29)28(15-2-4-18-20(12-15)33-10-8-31-18)22-27-16(13-34-22)14-1-3-17-19(11-14)32-9-7-30-17/h1-6,11-13H,7-10H2. The molecule has 3 heterocycles. The lowest BCUT2D eigenvalue weighted by molar-refractivity contribution is -0.114. The van der Waals surface area contributed by atoms with Gasteiger partial charge >= 0.3 is 6.18 Å². The third-order valence-corrected chi connectivity index (χ3v) is 5.77. The van der Waals surface area contributed by atoms with Crippen LogP contribution in [0, 0.1) is 0 Å². The number of benzene rings is 2. The molecule has 3 aromatic rings. The Bertz CT molecular complexity index is 1260. The molecule has 0 radical (unpaired) electrons. The molecule has 11 heteroatoms. The number of amides is 1. The van der Waals surface area contributed by atoms with Crippen LogP contribution in [0.1, 0.15) is 0 Å². The van der Waals surface area contributed by atoms with E-state index in [-0.39, 0.29) is 11.2 Å². The lowest BCUT2D eigenvalue weighted by Gasteiger charge is -2.23. The van der Waals surface area contributed by atoms with E-state index in [0.29, 0.717) is 72.4 Å². The molecule has 2 aliphatic heterocycles. The lowest BCUT2D eigenvalue weighted by atomic mass is 10.1. The summed E-state index contributed by atoms with van der Waals surface area (Å²) in [5, 5.41) is 1.91. The van der Waals surface area contributed by atoms with Gasteiger partial charge in [0.25, 0.3) is 5.91 Å². The minimum atomic E-state index is -4.63. The van der Waals surface area contributed by atoms with Crippen LogP contribution in [0.4, 0.5) is 24.0 Å². The summed E-state index contributed by atoms with van der Waals surface area (Å²) < 4.78 is 60.4. The average molecular weight is 490 g/mol. The number of alkyl halides is 3. The van der Waals surface area contributed by atoms with E-state index in [1.165, 1.54) is 0 Å². The Morgan fingerprint density at radius 1 is 0.912 bits per heavy atom. The molecule has 0 bridgehead atoms. The fourth-order valence-electron chi connectivity index (χ4n) is 3.45. The summed E-state index contributed by atoms with van der Waals surface area (Å²) >= 11 is 1.12. The largest absolute Gasteiger partial charge is 0.486 e. The number of hydrogen-bond donors (Lipinski definition) is 0. The highest BCUT2D eigenvalue weighted by atomic mass is 32.1. The van der Waals surface area contributed by atoms with Gasteiger partial charge in [0, 0.05) is 29.2 Å². The van der Waals surface area contributed by atoms with Gasteiger partial charge in [0.15, 0.2) is 28.1 Å². The maximum Gasteiger partial charge on any atom is 0.409 e. The molecule has 176 valence electrons. The first kappa shape index (κ1) is 22.1. The van der Waals surface area contributed by atoms with E-state index in [1.54, 1.807) is 41.8 Å². The fraction of sp³-hybridized carbons (Fsp3) is 0.217. The third-order valence-electron chi connectivity index (χ3n) is 4.94. The maximum atomic E-state index is 12.9. The number of carbonyl (C=O) groups is 1. The Morgan fingerprint density at radius 2 is 1.53 bits per heavy atom. The highest BCUT2D eigenvalue weighted by Crippen LogP contribution is 2.40. The Balaban J connectivity index is 1.51. The summed E-state index contributed by atoms with van der Waals surface area (Å²) in [6.45, 7) is 1.60. The molecule has 1 amide bonds. The molecular formula is C23H17F3N2O5S. The predicted molar refractivity (Wildman–Crippen MR) is 118 cm³/mol. The van der Waals surface area contributed by atoms with E-state index >= 15 is 0 Å². The van der Waals surface area contributed by atoms with Crippen molar-refractivity contribution in [2.75, 3.05) is 31.3 Å². The second-order valence-corrected chi connectivity index (χ2v) is 8.09. The van der Waals surface area contributed by atoms with Crippen molar-refractivity contribution in [3.8, 4) is 34.3 Å². The van der Waals surface area contributed by atoms with E-state index in [4.69, 9.17) is 18.9 Å². The quantitative estimate of drug-likeness (QED) is 0.472. The van der Waals surface area contributed by atoms with Gasteiger partial charge in [0.05, 0.1) is 11.4 Å². The van der Waals surface area contributed by atoms with Crippen LogP contribution in [0.2, 0.25) is 0 Å². The van der Waals surface area contributed by atoms with E-state index in [1.807, 2.05) is 0 Å². The minimum absolute atomic E-state index is 0.101. The van der Waals surface area contributed by atoms with Crippen LogP contribution in [0.3, 0.4) is 0 Å². The molecule has 0 unspecified atom stereocenters. The summed E-state index contributed by atoms with van der Waals surface area (Å²) in [6.07, 6.45) is -4.26. The molecule has 2 aliphatic rings. The number of ether oxygens (including phenoxy) is 4. The van der Waals surface area contributed by atoms with Crippen LogP contribution < -0.4 is 23.8 Å². The van der Waals surface area contributed by atoms with Crippen LogP contribution in [0.15, 0.2) is 53.9 Å². The lowest BCUT2D eigenvalue weighted by Crippen LogP contribution is -2.25. The fourth-order valence-corrected chi connectivity index (χ4v) is 4.30. The van der Waals surface area contributed by atoms with Gasteiger partial charge in [-0.15, -0.1) is 11.3 Å². The first-order valence-electron chi connectivity index (χ1n) is 10.2. The highest BCUT2D eigenvalue weighted by Gasteiger charge is 2.27. The van der Waals surface area contributed by atoms with Crippen molar-refractivity contribution in [1.82, 2.24) is 4.98 Å². The van der Waals surface area contributed by atoms with Gasteiger partial charge in [-0.1, -0.05) is 0 Å². The van der Waals surface area contributed by atoms with Crippen molar-refractivity contribution in [1.29, 1.82) is 0 Å². The van der Waals surface area contributed by atoms with E-state index in [2.05, 4.69) is 4.98 Å². The molecule has 1 aromatic heterocycles. The van der Waals surface area contributed by atoms with E-state index in [9.17, 15) is 18.0 Å². The summed E-state index contributed by atoms with van der Waals surface area (Å²) in [4.78, 5) is 18.5. The molecule has 2 aromatic carbocycles. The average Bonchev–Trinajstić information content (AvgIpc) is 3.32. The minimum Gasteiger partial charge on any atom is -0.486 e. The van der Waals surface area contributed by atoms with Crippen LogP contribution in [0.25, 0.3) is 11.3 Å². The van der Waals surface area contributed by atoms with Gasteiger partial charge in [0.1, 0.15) is 26.4 Å². The molecule has 0 fully saturated rings. The highest BCUT2D eigenvalue weighted by molar-refractivity contribution is 7.14. The number of thiazole rings is 1. The second kappa shape index (κ2) is 8.90. The first-order chi connectivity index (χ1) is 16.4. The Morgan fingerprint density at radius 3 is 2.21 bits per heavy atom. The summed E-state index contributed by atoms with van der Waals surface area (Å²) in [5.74, 6) is 1.17. The first-order valence-corrected chi connectivity index (χ1v) is 11.1. The zero-order valence-electron chi connectivity index (χ0n) is 17.5. The number of nitrogens with zero attached hydrogens (tertiary/aromatic N) is 2. The van der Waals surface area contributed by atoms with Crippen LogP contribution in [-0.4, -0.2) is 43.5 Å². The number of anilines is 2. The number of rotatable bonds is 4. The van der Waals surface area contributed by atoms with Crippen molar-refractivity contribution in [2.45, 2.75) is 6.18 Å². The zero-order chi connectivity index (χ0) is 23.7. The van der Waals surface area contributed by atoms with Crippen molar-refractivity contribution in [2.24, 2.45) is 0 Å². The van der Waals surface area contributed by atoms with Crippen LogP contribution in [-0.2, 0) is 4.79 Å². The van der Waals surface area contributed by atoms with Crippen LogP contribution >= 0.6 is 11.3 Å². The van der Waals surface area contributed by atoms with Gasteiger partial charge in [-0.2, -0.15) is 13.2 Å². The number of aromatic nitrogens is 1. The topological polar surface area (TPSA) is 70.1 Å². The van der Waals surface area contributed by atoms with Gasteiger partial charge in [0.2, 0.25) is 0 Å². The van der Waals surface area contributed by atoms with Crippen molar-refractivity contribution < 1.29 is 36.9 Å². The monoisotopic (exact) mass is 490 g/mol. The zero-order valence-corrected chi connectivity index (χ0v) is 18.3. The molecule has 7 nitrogen and oxygen atoms in total. The molecule has 0 N–H and O–H groups in total. The number of fused-ring (bicyclic) bond motifs is 2. The van der Waals surface area contributed by atoms with Crippen LogP contribution in [0.5, 0.6) is 23.0 Å².